The molecule has 2 aliphatic heterocycles. The Labute approximate surface area is 183 Å². The van der Waals surface area contributed by atoms with Crippen LogP contribution in [-0.4, -0.2) is 36.6 Å². The molecular formula is C23H21N3O4S. The highest BCUT2D eigenvalue weighted by atomic mass is 32.1. The third-order valence-corrected chi connectivity index (χ3v) is 6.15. The van der Waals surface area contributed by atoms with Crippen LogP contribution in [-0.2, 0) is 9.59 Å². The van der Waals surface area contributed by atoms with E-state index in [1.807, 2.05) is 42.6 Å². The second-order valence-electron chi connectivity index (χ2n) is 7.56. The summed E-state index contributed by atoms with van der Waals surface area (Å²) < 4.78 is 11.2. The number of benzene rings is 2. The van der Waals surface area contributed by atoms with Gasteiger partial charge in [-0.2, -0.15) is 0 Å². The molecule has 1 saturated heterocycles. The van der Waals surface area contributed by atoms with Crippen LogP contribution >= 0.6 is 11.3 Å². The standard InChI is InChI=1S/C23H21N3O4S/c1-14-24-19(13-31-14)15-3-2-4-17(9-15)25-23(28)16-10-22(27)26(12-16)18-5-6-20-21(11-18)30-8-7-29-20/h2-6,9,11,13,16H,7-8,10,12H2,1H3,(H,25,28). The van der Waals surface area contributed by atoms with E-state index < -0.39 is 5.92 Å². The Balaban J connectivity index is 1.28. The SMILES string of the molecule is Cc1nc(-c2cccc(NC(=O)C3CC(=O)N(c4ccc5c(c4)OCCO5)C3)c2)cs1. The molecule has 3 aromatic rings. The van der Waals surface area contributed by atoms with Crippen molar-refractivity contribution in [3.8, 4) is 22.8 Å². The lowest BCUT2D eigenvalue weighted by molar-refractivity contribution is -0.122. The third-order valence-electron chi connectivity index (χ3n) is 5.38. The monoisotopic (exact) mass is 435 g/mol. The van der Waals surface area contributed by atoms with Crippen LogP contribution in [0.2, 0.25) is 0 Å². The molecular weight excluding hydrogens is 414 g/mol. The molecule has 0 saturated carbocycles. The van der Waals surface area contributed by atoms with Gasteiger partial charge in [-0.05, 0) is 31.2 Å². The number of anilines is 2. The van der Waals surface area contributed by atoms with E-state index in [1.165, 1.54) is 0 Å². The Bertz CT molecular complexity index is 1160. The van der Waals surface area contributed by atoms with Gasteiger partial charge in [-0.1, -0.05) is 12.1 Å². The number of hydrogen-bond acceptors (Lipinski definition) is 6. The van der Waals surface area contributed by atoms with Crippen molar-refractivity contribution >= 4 is 34.5 Å². The number of hydrogen-bond donors (Lipinski definition) is 1. The average molecular weight is 436 g/mol. The van der Waals surface area contributed by atoms with E-state index in [2.05, 4.69) is 10.3 Å². The minimum Gasteiger partial charge on any atom is -0.486 e. The van der Waals surface area contributed by atoms with E-state index in [0.29, 0.717) is 42.6 Å². The van der Waals surface area contributed by atoms with Crippen LogP contribution in [0.4, 0.5) is 11.4 Å². The molecule has 1 N–H and O–H groups in total. The zero-order valence-electron chi connectivity index (χ0n) is 17.0. The average Bonchev–Trinajstić information content (AvgIpc) is 3.39. The largest absolute Gasteiger partial charge is 0.486 e. The van der Waals surface area contributed by atoms with Gasteiger partial charge in [0.05, 0.1) is 16.6 Å². The molecule has 0 radical (unpaired) electrons. The Hall–Kier alpha value is -3.39. The summed E-state index contributed by atoms with van der Waals surface area (Å²) in [6, 6.07) is 13.0. The van der Waals surface area contributed by atoms with Gasteiger partial charge < -0.3 is 19.7 Å². The first-order valence-corrected chi connectivity index (χ1v) is 11.0. The molecule has 2 aromatic carbocycles. The van der Waals surface area contributed by atoms with Gasteiger partial charge >= 0.3 is 0 Å². The van der Waals surface area contributed by atoms with E-state index in [-0.39, 0.29) is 18.2 Å². The fourth-order valence-electron chi connectivity index (χ4n) is 3.83. The Kier molecular flexibility index (Phi) is 5.07. The van der Waals surface area contributed by atoms with E-state index in [1.54, 1.807) is 28.4 Å². The summed E-state index contributed by atoms with van der Waals surface area (Å²) in [6.07, 6.45) is 0.172. The number of nitrogens with zero attached hydrogens (tertiary/aromatic N) is 2. The maximum Gasteiger partial charge on any atom is 0.229 e. The number of fused-ring (bicyclic) bond motifs is 1. The molecule has 31 heavy (non-hydrogen) atoms. The molecule has 3 heterocycles. The highest BCUT2D eigenvalue weighted by Gasteiger charge is 2.35. The Morgan fingerprint density at radius 1 is 1.16 bits per heavy atom. The van der Waals surface area contributed by atoms with Crippen molar-refractivity contribution < 1.29 is 19.1 Å². The minimum atomic E-state index is -0.425. The zero-order valence-corrected chi connectivity index (χ0v) is 17.8. The number of ether oxygens (including phenoxy) is 2. The van der Waals surface area contributed by atoms with Crippen molar-refractivity contribution in [3.63, 3.8) is 0 Å². The van der Waals surface area contributed by atoms with E-state index in [0.717, 1.165) is 16.3 Å². The summed E-state index contributed by atoms with van der Waals surface area (Å²) in [5.74, 6) is 0.624. The number of rotatable bonds is 4. The van der Waals surface area contributed by atoms with Crippen molar-refractivity contribution in [3.05, 3.63) is 52.9 Å². The van der Waals surface area contributed by atoms with Gasteiger partial charge in [0.1, 0.15) is 13.2 Å². The number of nitrogens with one attached hydrogen (secondary N) is 1. The number of aromatic nitrogens is 1. The Morgan fingerprint density at radius 3 is 2.81 bits per heavy atom. The predicted molar refractivity (Wildman–Crippen MR) is 119 cm³/mol. The van der Waals surface area contributed by atoms with Gasteiger partial charge in [-0.3, -0.25) is 9.59 Å². The lowest BCUT2D eigenvalue weighted by Crippen LogP contribution is -2.28. The zero-order chi connectivity index (χ0) is 21.4. The molecule has 1 fully saturated rings. The van der Waals surface area contributed by atoms with E-state index in [9.17, 15) is 9.59 Å². The molecule has 7 nitrogen and oxygen atoms in total. The summed E-state index contributed by atoms with van der Waals surface area (Å²) in [5, 5.41) is 5.95. The van der Waals surface area contributed by atoms with Gasteiger partial charge in [0.15, 0.2) is 11.5 Å². The smallest absolute Gasteiger partial charge is 0.229 e. The van der Waals surface area contributed by atoms with Crippen molar-refractivity contribution in [2.24, 2.45) is 5.92 Å². The molecule has 0 bridgehead atoms. The second-order valence-corrected chi connectivity index (χ2v) is 8.62. The minimum absolute atomic E-state index is 0.0801. The predicted octanol–water partition coefficient (Wildman–Crippen LogP) is 3.88. The van der Waals surface area contributed by atoms with Crippen molar-refractivity contribution in [1.29, 1.82) is 0 Å². The second kappa shape index (κ2) is 8.03. The number of amides is 2. The van der Waals surface area contributed by atoms with Crippen molar-refractivity contribution in [1.82, 2.24) is 4.98 Å². The lowest BCUT2D eigenvalue weighted by Gasteiger charge is -2.22. The lowest BCUT2D eigenvalue weighted by atomic mass is 10.1. The molecule has 2 amide bonds. The number of thiazole rings is 1. The summed E-state index contributed by atoms with van der Waals surface area (Å²) in [7, 11) is 0. The maximum atomic E-state index is 12.9. The molecule has 5 rings (SSSR count). The quantitative estimate of drug-likeness (QED) is 0.673. The summed E-state index contributed by atoms with van der Waals surface area (Å²) in [4.78, 5) is 31.6. The molecule has 0 spiro atoms. The summed E-state index contributed by atoms with van der Waals surface area (Å²) in [6.45, 7) is 3.29. The topological polar surface area (TPSA) is 80.8 Å². The number of carbonyl (C=O) groups is 2. The normalized spacial score (nSPS) is 17.6. The van der Waals surface area contributed by atoms with Crippen molar-refractivity contribution in [2.45, 2.75) is 13.3 Å². The van der Waals surface area contributed by atoms with Crippen LogP contribution in [0.15, 0.2) is 47.8 Å². The van der Waals surface area contributed by atoms with E-state index >= 15 is 0 Å². The van der Waals surface area contributed by atoms with Crippen LogP contribution in [0.3, 0.4) is 0 Å². The fraction of sp³-hybridized carbons (Fsp3) is 0.261. The van der Waals surface area contributed by atoms with Crippen molar-refractivity contribution in [2.75, 3.05) is 30.0 Å². The highest BCUT2D eigenvalue weighted by Crippen LogP contribution is 2.36. The van der Waals surface area contributed by atoms with Gasteiger partial charge in [0.2, 0.25) is 11.8 Å². The third kappa shape index (κ3) is 3.98. The van der Waals surface area contributed by atoms with Crippen LogP contribution in [0.5, 0.6) is 11.5 Å². The Morgan fingerprint density at radius 2 is 2.00 bits per heavy atom. The molecule has 1 aromatic heterocycles. The fourth-order valence-corrected chi connectivity index (χ4v) is 4.45. The first-order valence-electron chi connectivity index (χ1n) is 10.1. The molecule has 2 aliphatic rings. The molecule has 1 atom stereocenters. The summed E-state index contributed by atoms with van der Waals surface area (Å²) >= 11 is 1.59. The molecule has 8 heteroatoms. The first kappa shape index (κ1) is 19.6. The van der Waals surface area contributed by atoms with Gasteiger partial charge in [-0.15, -0.1) is 11.3 Å². The van der Waals surface area contributed by atoms with Crippen LogP contribution in [0.1, 0.15) is 11.4 Å². The molecule has 158 valence electrons. The van der Waals surface area contributed by atoms with Crippen LogP contribution < -0.4 is 19.7 Å². The maximum absolute atomic E-state index is 12.9. The molecule has 0 aliphatic carbocycles. The van der Waals surface area contributed by atoms with Gasteiger partial charge in [0, 0.05) is 41.4 Å². The number of aryl methyl sites for hydroxylation is 1. The number of carbonyl (C=O) groups excluding carboxylic acids is 2. The molecule has 1 unspecified atom stereocenters. The van der Waals surface area contributed by atoms with Crippen LogP contribution in [0, 0.1) is 12.8 Å². The highest BCUT2D eigenvalue weighted by molar-refractivity contribution is 7.09. The van der Waals surface area contributed by atoms with Gasteiger partial charge in [0.25, 0.3) is 0 Å². The summed E-state index contributed by atoms with van der Waals surface area (Å²) in [5.41, 5.74) is 3.24. The van der Waals surface area contributed by atoms with Gasteiger partial charge in [-0.25, -0.2) is 4.98 Å². The first-order chi connectivity index (χ1) is 15.1. The van der Waals surface area contributed by atoms with Crippen LogP contribution in [0.25, 0.3) is 11.3 Å². The van der Waals surface area contributed by atoms with E-state index in [4.69, 9.17) is 9.47 Å².